The Morgan fingerprint density at radius 2 is 0.842 bits per heavy atom. The van der Waals surface area contributed by atoms with Gasteiger partial charge in [-0.1, -0.05) is 84.9 Å². The molecule has 0 unspecified atom stereocenters. The first kappa shape index (κ1) is 23.0. The molecule has 38 heavy (non-hydrogen) atoms. The van der Waals surface area contributed by atoms with Crippen LogP contribution in [0.5, 0.6) is 0 Å². The van der Waals surface area contributed by atoms with Gasteiger partial charge in [-0.3, -0.25) is 0 Å². The van der Waals surface area contributed by atoms with Crippen LogP contribution in [-0.2, 0) is 13.1 Å². The zero-order valence-electron chi connectivity index (χ0n) is 21.6. The highest BCUT2D eigenvalue weighted by Crippen LogP contribution is 2.41. The van der Waals surface area contributed by atoms with Crippen molar-refractivity contribution in [1.29, 1.82) is 0 Å². The van der Waals surface area contributed by atoms with Gasteiger partial charge >= 0.3 is 0 Å². The topological polar surface area (TPSA) is 35.6 Å². The lowest BCUT2D eigenvalue weighted by atomic mass is 9.81. The third kappa shape index (κ3) is 4.30. The minimum Gasteiger partial charge on any atom is -0.323 e. The molecular weight excluding hydrogens is 464 g/mol. The van der Waals surface area contributed by atoms with Gasteiger partial charge in [0.25, 0.3) is 0 Å². The Morgan fingerprint density at radius 3 is 1.26 bits per heavy atom. The van der Waals surface area contributed by atoms with Crippen molar-refractivity contribution < 1.29 is 0 Å². The number of imidazole rings is 2. The second-order valence-corrected chi connectivity index (χ2v) is 10.6. The first-order valence-corrected chi connectivity index (χ1v) is 13.8. The number of para-hydroxylation sites is 4. The Labute approximate surface area is 223 Å². The van der Waals surface area contributed by atoms with Crippen molar-refractivity contribution in [3.8, 4) is 0 Å². The summed E-state index contributed by atoms with van der Waals surface area (Å²) in [5.41, 5.74) is 7.31. The Kier molecular flexibility index (Phi) is 6.01. The fraction of sp³-hybridized carbons (Fsp3) is 0.235. The van der Waals surface area contributed by atoms with E-state index in [1.807, 2.05) is 0 Å². The second kappa shape index (κ2) is 9.94. The first-order valence-electron chi connectivity index (χ1n) is 13.8. The van der Waals surface area contributed by atoms with E-state index in [4.69, 9.17) is 9.97 Å². The summed E-state index contributed by atoms with van der Waals surface area (Å²) in [6.45, 7) is 1.73. The van der Waals surface area contributed by atoms with Gasteiger partial charge in [-0.05, 0) is 61.1 Å². The van der Waals surface area contributed by atoms with Gasteiger partial charge in [0.1, 0.15) is 11.6 Å². The first-order chi connectivity index (χ1) is 18.8. The second-order valence-electron chi connectivity index (χ2n) is 10.6. The Morgan fingerprint density at radius 1 is 0.474 bits per heavy atom. The monoisotopic (exact) mass is 496 g/mol. The molecule has 4 nitrogen and oxygen atoms in total. The molecule has 6 aromatic rings. The zero-order chi connectivity index (χ0) is 25.3. The highest BCUT2D eigenvalue weighted by atomic mass is 15.1. The highest BCUT2D eigenvalue weighted by Gasteiger charge is 2.30. The van der Waals surface area contributed by atoms with Crippen LogP contribution in [-0.4, -0.2) is 19.1 Å². The Hall–Kier alpha value is -4.18. The largest absolute Gasteiger partial charge is 0.323 e. The average Bonchev–Trinajstić information content (AvgIpc) is 3.53. The molecule has 188 valence electrons. The van der Waals surface area contributed by atoms with Gasteiger partial charge in [0.05, 0.1) is 22.1 Å². The van der Waals surface area contributed by atoms with Gasteiger partial charge in [-0.25, -0.2) is 9.97 Å². The summed E-state index contributed by atoms with van der Waals surface area (Å²) >= 11 is 0. The molecular formula is C34H32N4. The molecule has 0 N–H and O–H groups in total. The van der Waals surface area contributed by atoms with Crippen molar-refractivity contribution in [3.05, 3.63) is 132 Å². The van der Waals surface area contributed by atoms with Crippen molar-refractivity contribution in [2.75, 3.05) is 0 Å². The van der Waals surface area contributed by atoms with E-state index < -0.39 is 0 Å². The molecule has 0 spiro atoms. The molecule has 2 aromatic heterocycles. The van der Waals surface area contributed by atoms with Crippen LogP contribution in [0.4, 0.5) is 0 Å². The van der Waals surface area contributed by atoms with Gasteiger partial charge in [0, 0.05) is 24.9 Å². The van der Waals surface area contributed by atoms with Crippen LogP contribution in [0.1, 0.15) is 60.3 Å². The van der Waals surface area contributed by atoms with E-state index >= 15 is 0 Å². The summed E-state index contributed by atoms with van der Waals surface area (Å²) in [6, 6.07) is 38.7. The molecule has 4 aromatic carbocycles. The van der Waals surface area contributed by atoms with E-state index in [0.717, 1.165) is 49.8 Å². The normalized spacial score (nSPS) is 17.8. The average molecular weight is 497 g/mol. The molecule has 1 aliphatic rings. The van der Waals surface area contributed by atoms with E-state index in [0.29, 0.717) is 11.8 Å². The third-order valence-corrected chi connectivity index (χ3v) is 8.19. The van der Waals surface area contributed by atoms with Crippen molar-refractivity contribution in [3.63, 3.8) is 0 Å². The Bertz CT molecular complexity index is 1540. The summed E-state index contributed by atoms with van der Waals surface area (Å²) in [5.74, 6) is 3.42. The summed E-state index contributed by atoms with van der Waals surface area (Å²) in [5, 5.41) is 0. The summed E-state index contributed by atoms with van der Waals surface area (Å²) in [4.78, 5) is 10.4. The van der Waals surface area contributed by atoms with Crippen molar-refractivity contribution in [2.45, 2.75) is 50.6 Å². The van der Waals surface area contributed by atoms with Crippen LogP contribution in [0.15, 0.2) is 109 Å². The SMILES string of the molecule is c1ccc(Cn2c(C3CCC(c4nc5ccccc5n4Cc4ccccc4)CC3)nc3ccccc32)cc1. The van der Waals surface area contributed by atoms with Gasteiger partial charge in [-0.15, -0.1) is 0 Å². The zero-order valence-corrected chi connectivity index (χ0v) is 21.6. The van der Waals surface area contributed by atoms with E-state index in [2.05, 4.69) is 118 Å². The maximum Gasteiger partial charge on any atom is 0.113 e. The van der Waals surface area contributed by atoms with Crippen LogP contribution in [0.3, 0.4) is 0 Å². The van der Waals surface area contributed by atoms with Crippen LogP contribution in [0.25, 0.3) is 22.1 Å². The van der Waals surface area contributed by atoms with Crippen molar-refractivity contribution in [2.24, 2.45) is 0 Å². The molecule has 0 atom stereocenters. The smallest absolute Gasteiger partial charge is 0.113 e. The van der Waals surface area contributed by atoms with Gasteiger partial charge in [0.2, 0.25) is 0 Å². The molecule has 0 saturated heterocycles. The van der Waals surface area contributed by atoms with Crippen LogP contribution in [0.2, 0.25) is 0 Å². The van der Waals surface area contributed by atoms with E-state index in [9.17, 15) is 0 Å². The number of nitrogens with zero attached hydrogens (tertiary/aromatic N) is 4. The molecule has 1 saturated carbocycles. The predicted octanol–water partition coefficient (Wildman–Crippen LogP) is 7.92. The number of rotatable bonds is 6. The van der Waals surface area contributed by atoms with E-state index in [1.54, 1.807) is 0 Å². The number of hydrogen-bond donors (Lipinski definition) is 0. The predicted molar refractivity (Wildman–Crippen MR) is 155 cm³/mol. The molecule has 0 amide bonds. The van der Waals surface area contributed by atoms with Crippen molar-refractivity contribution in [1.82, 2.24) is 19.1 Å². The number of fused-ring (bicyclic) bond motifs is 2. The van der Waals surface area contributed by atoms with Gasteiger partial charge < -0.3 is 9.13 Å². The van der Waals surface area contributed by atoms with Crippen LogP contribution < -0.4 is 0 Å². The molecule has 2 heterocycles. The summed E-state index contributed by atoms with van der Waals surface area (Å²) < 4.78 is 4.92. The molecule has 0 radical (unpaired) electrons. The molecule has 0 aliphatic heterocycles. The standard InChI is InChI=1S/C34H32N4/c1-3-11-25(12-4-1)23-37-31-17-9-7-15-29(31)35-33(37)27-19-21-28(22-20-27)34-36-30-16-8-10-18-32(30)38(34)24-26-13-5-2-6-14-26/h1-18,27-28H,19-24H2. The molecule has 0 bridgehead atoms. The lowest BCUT2D eigenvalue weighted by molar-refractivity contribution is 0.364. The maximum atomic E-state index is 5.18. The summed E-state index contributed by atoms with van der Waals surface area (Å²) in [6.07, 6.45) is 4.54. The molecule has 1 fully saturated rings. The third-order valence-electron chi connectivity index (χ3n) is 8.19. The summed E-state index contributed by atoms with van der Waals surface area (Å²) in [7, 11) is 0. The van der Waals surface area contributed by atoms with Gasteiger partial charge in [-0.2, -0.15) is 0 Å². The Balaban J connectivity index is 1.18. The maximum absolute atomic E-state index is 5.18. The van der Waals surface area contributed by atoms with E-state index in [1.165, 1.54) is 33.8 Å². The minimum absolute atomic E-state index is 0.467. The lowest BCUT2D eigenvalue weighted by Crippen LogP contribution is -2.19. The van der Waals surface area contributed by atoms with Gasteiger partial charge in [0.15, 0.2) is 0 Å². The van der Waals surface area contributed by atoms with Crippen molar-refractivity contribution >= 4 is 22.1 Å². The minimum atomic E-state index is 0.467. The fourth-order valence-electron chi connectivity index (χ4n) is 6.29. The lowest BCUT2D eigenvalue weighted by Gasteiger charge is -2.29. The molecule has 7 rings (SSSR count). The van der Waals surface area contributed by atoms with Crippen LogP contribution in [0, 0.1) is 0 Å². The number of benzene rings is 4. The van der Waals surface area contributed by atoms with Crippen LogP contribution >= 0.6 is 0 Å². The fourth-order valence-corrected chi connectivity index (χ4v) is 6.29. The highest BCUT2D eigenvalue weighted by molar-refractivity contribution is 5.77. The molecule has 1 aliphatic carbocycles. The number of aromatic nitrogens is 4. The van der Waals surface area contributed by atoms with E-state index in [-0.39, 0.29) is 0 Å². The number of hydrogen-bond acceptors (Lipinski definition) is 2. The molecule has 4 heteroatoms. The quantitative estimate of drug-likeness (QED) is 0.235.